The summed E-state index contributed by atoms with van der Waals surface area (Å²) in [5.74, 6) is 0.245. The van der Waals surface area contributed by atoms with Crippen LogP contribution in [0.25, 0.3) is 0 Å². The van der Waals surface area contributed by atoms with E-state index in [-0.39, 0.29) is 5.78 Å². The van der Waals surface area contributed by atoms with Crippen LogP contribution in [-0.2, 0) is 24.7 Å². The molecular formula is C16H19BrN2O. The Labute approximate surface area is 128 Å². The van der Waals surface area contributed by atoms with Gasteiger partial charge in [0, 0.05) is 19.9 Å². The Kier molecular flexibility index (Phi) is 4.76. The van der Waals surface area contributed by atoms with Crippen LogP contribution in [0.4, 0.5) is 0 Å². The topological polar surface area (TPSA) is 34.9 Å². The van der Waals surface area contributed by atoms with Crippen molar-refractivity contribution in [2.45, 2.75) is 33.1 Å². The first kappa shape index (κ1) is 15.0. The maximum atomic E-state index is 12.1. The van der Waals surface area contributed by atoms with E-state index in [2.05, 4.69) is 52.2 Å². The van der Waals surface area contributed by atoms with Gasteiger partial charge in [-0.05, 0) is 41.8 Å². The lowest BCUT2D eigenvalue weighted by molar-refractivity contribution is -0.118. The van der Waals surface area contributed by atoms with E-state index < -0.39 is 0 Å². The molecule has 0 radical (unpaired) electrons. The summed E-state index contributed by atoms with van der Waals surface area (Å²) in [7, 11) is 1.88. The summed E-state index contributed by atoms with van der Waals surface area (Å²) in [5, 5.41) is 4.31. The Bertz CT molecular complexity index is 614. The second-order valence-corrected chi connectivity index (χ2v) is 5.96. The third-order valence-electron chi connectivity index (χ3n) is 3.44. The summed E-state index contributed by atoms with van der Waals surface area (Å²) in [6, 6.07) is 8.35. The number of hydrogen-bond acceptors (Lipinski definition) is 2. The molecule has 1 heterocycles. The average Bonchev–Trinajstić information content (AvgIpc) is 2.65. The molecule has 0 N–H and O–H groups in total. The van der Waals surface area contributed by atoms with Gasteiger partial charge in [-0.3, -0.25) is 9.48 Å². The van der Waals surface area contributed by atoms with Gasteiger partial charge >= 0.3 is 0 Å². The van der Waals surface area contributed by atoms with Crippen molar-refractivity contribution < 1.29 is 4.79 Å². The molecule has 1 aromatic heterocycles. The highest BCUT2D eigenvalue weighted by atomic mass is 79.9. The number of halogens is 1. The number of carbonyl (C=O) groups excluding carboxylic acids is 1. The third kappa shape index (κ3) is 3.57. The fraction of sp³-hybridized carbons (Fsp3) is 0.375. The molecule has 4 heteroatoms. The highest BCUT2D eigenvalue weighted by Gasteiger charge is 2.14. The van der Waals surface area contributed by atoms with Crippen molar-refractivity contribution in [3.05, 3.63) is 51.3 Å². The van der Waals surface area contributed by atoms with E-state index in [0.717, 1.165) is 22.3 Å². The van der Waals surface area contributed by atoms with Crippen molar-refractivity contribution in [3.8, 4) is 0 Å². The van der Waals surface area contributed by atoms with Crippen molar-refractivity contribution in [1.82, 2.24) is 9.78 Å². The first-order valence-corrected chi connectivity index (χ1v) is 7.52. The molecule has 20 heavy (non-hydrogen) atoms. The number of Topliss-reactive ketones (excluding diaryl/α,β-unsaturated/α-hetero) is 1. The predicted octanol–water partition coefficient (Wildman–Crippen LogP) is 3.54. The predicted molar refractivity (Wildman–Crippen MR) is 83.9 cm³/mol. The fourth-order valence-corrected chi connectivity index (χ4v) is 2.66. The number of nitrogens with zero attached hydrogens (tertiary/aromatic N) is 2. The summed E-state index contributed by atoms with van der Waals surface area (Å²) in [6.07, 6.45) is 1.80. The average molecular weight is 335 g/mol. The molecule has 0 spiro atoms. The van der Waals surface area contributed by atoms with Crippen LogP contribution < -0.4 is 0 Å². The second kappa shape index (κ2) is 6.35. The van der Waals surface area contributed by atoms with Gasteiger partial charge in [0.15, 0.2) is 0 Å². The molecule has 0 amide bonds. The molecule has 3 nitrogen and oxygen atoms in total. The lowest BCUT2D eigenvalue weighted by atomic mass is 10.0. The standard InChI is InChI=1S/C16H19BrN2O/c1-11-4-6-13(7-5-11)8-9-14(20)10-15-16(17)12(2)18-19(15)3/h4-7H,8-10H2,1-3H3. The minimum atomic E-state index is 0.245. The quantitative estimate of drug-likeness (QED) is 0.838. The van der Waals surface area contributed by atoms with Crippen LogP contribution >= 0.6 is 15.9 Å². The van der Waals surface area contributed by atoms with Crippen molar-refractivity contribution in [3.63, 3.8) is 0 Å². The maximum Gasteiger partial charge on any atom is 0.139 e. The molecule has 106 valence electrons. The highest BCUT2D eigenvalue weighted by molar-refractivity contribution is 9.10. The Hall–Kier alpha value is -1.42. The summed E-state index contributed by atoms with van der Waals surface area (Å²) >= 11 is 3.50. The number of aromatic nitrogens is 2. The molecule has 1 aromatic carbocycles. The molecular weight excluding hydrogens is 316 g/mol. The second-order valence-electron chi connectivity index (χ2n) is 5.17. The molecule has 0 saturated carbocycles. The number of hydrogen-bond donors (Lipinski definition) is 0. The third-order valence-corrected chi connectivity index (χ3v) is 4.47. The van der Waals surface area contributed by atoms with E-state index in [4.69, 9.17) is 0 Å². The Morgan fingerprint density at radius 1 is 1.25 bits per heavy atom. The van der Waals surface area contributed by atoms with Crippen molar-refractivity contribution >= 4 is 21.7 Å². The van der Waals surface area contributed by atoms with Crippen LogP contribution in [0.1, 0.15) is 28.9 Å². The van der Waals surface area contributed by atoms with Crippen molar-refractivity contribution in [2.75, 3.05) is 0 Å². The van der Waals surface area contributed by atoms with Crippen molar-refractivity contribution in [2.24, 2.45) is 7.05 Å². The van der Waals surface area contributed by atoms with Crippen LogP contribution in [0.3, 0.4) is 0 Å². The molecule has 0 atom stereocenters. The molecule has 2 aromatic rings. The number of carbonyl (C=O) groups is 1. The summed E-state index contributed by atoms with van der Waals surface area (Å²) in [5.41, 5.74) is 4.34. The van der Waals surface area contributed by atoms with E-state index in [1.807, 2.05) is 14.0 Å². The zero-order chi connectivity index (χ0) is 14.7. The Morgan fingerprint density at radius 2 is 1.90 bits per heavy atom. The highest BCUT2D eigenvalue weighted by Crippen LogP contribution is 2.21. The number of aryl methyl sites for hydroxylation is 4. The van der Waals surface area contributed by atoms with Crippen LogP contribution in [-0.4, -0.2) is 15.6 Å². The molecule has 0 bridgehead atoms. The molecule has 0 aliphatic rings. The molecule has 2 rings (SSSR count). The lowest BCUT2D eigenvalue weighted by Gasteiger charge is -2.04. The van der Waals surface area contributed by atoms with E-state index in [1.54, 1.807) is 4.68 Å². The minimum absolute atomic E-state index is 0.245. The molecule has 0 fully saturated rings. The Balaban J connectivity index is 1.94. The van der Waals surface area contributed by atoms with Crippen molar-refractivity contribution in [1.29, 1.82) is 0 Å². The van der Waals surface area contributed by atoms with Gasteiger partial charge in [0.1, 0.15) is 5.78 Å². The van der Waals surface area contributed by atoms with Gasteiger partial charge in [-0.25, -0.2) is 0 Å². The van der Waals surface area contributed by atoms with Crippen LogP contribution in [0, 0.1) is 13.8 Å². The van der Waals surface area contributed by atoms with Gasteiger partial charge in [-0.1, -0.05) is 29.8 Å². The zero-order valence-corrected chi connectivity index (χ0v) is 13.7. The van der Waals surface area contributed by atoms with Gasteiger partial charge in [0.05, 0.1) is 15.9 Å². The van der Waals surface area contributed by atoms with E-state index in [0.29, 0.717) is 12.8 Å². The molecule has 0 aliphatic heterocycles. The van der Waals surface area contributed by atoms with Gasteiger partial charge < -0.3 is 0 Å². The number of benzene rings is 1. The maximum absolute atomic E-state index is 12.1. The zero-order valence-electron chi connectivity index (χ0n) is 12.1. The number of rotatable bonds is 5. The molecule has 0 saturated heterocycles. The summed E-state index contributed by atoms with van der Waals surface area (Å²) < 4.78 is 2.73. The largest absolute Gasteiger partial charge is 0.299 e. The Morgan fingerprint density at radius 3 is 2.45 bits per heavy atom. The monoisotopic (exact) mass is 334 g/mol. The van der Waals surface area contributed by atoms with E-state index in [9.17, 15) is 4.79 Å². The smallest absolute Gasteiger partial charge is 0.139 e. The van der Waals surface area contributed by atoms with Gasteiger partial charge in [-0.2, -0.15) is 5.10 Å². The summed E-state index contributed by atoms with van der Waals surface area (Å²) in [6.45, 7) is 4.00. The summed E-state index contributed by atoms with van der Waals surface area (Å²) in [4.78, 5) is 12.1. The fourth-order valence-electron chi connectivity index (χ4n) is 2.19. The normalized spacial score (nSPS) is 10.8. The lowest BCUT2D eigenvalue weighted by Crippen LogP contribution is -2.09. The van der Waals surface area contributed by atoms with Gasteiger partial charge in [-0.15, -0.1) is 0 Å². The van der Waals surface area contributed by atoms with Gasteiger partial charge in [0.2, 0.25) is 0 Å². The SMILES string of the molecule is Cc1ccc(CCC(=O)Cc2c(Br)c(C)nn2C)cc1. The van der Waals surface area contributed by atoms with Crippen LogP contribution in [0.2, 0.25) is 0 Å². The van der Waals surface area contributed by atoms with E-state index in [1.165, 1.54) is 11.1 Å². The first-order valence-electron chi connectivity index (χ1n) is 6.72. The molecule has 0 aliphatic carbocycles. The van der Waals surface area contributed by atoms with E-state index >= 15 is 0 Å². The van der Waals surface area contributed by atoms with Crippen LogP contribution in [0.15, 0.2) is 28.7 Å². The minimum Gasteiger partial charge on any atom is -0.299 e. The first-order chi connectivity index (χ1) is 9.47. The molecule has 0 unspecified atom stereocenters. The van der Waals surface area contributed by atoms with Crippen LogP contribution in [0.5, 0.6) is 0 Å². The van der Waals surface area contributed by atoms with Gasteiger partial charge in [0.25, 0.3) is 0 Å². The number of ketones is 1.